The molecule has 0 radical (unpaired) electrons. The summed E-state index contributed by atoms with van der Waals surface area (Å²) in [7, 11) is -1.99. The summed E-state index contributed by atoms with van der Waals surface area (Å²) in [4.78, 5) is 10.2. The Labute approximate surface area is 77.8 Å². The highest BCUT2D eigenvalue weighted by Crippen LogP contribution is 2.29. The van der Waals surface area contributed by atoms with Gasteiger partial charge in [-0.2, -0.15) is 0 Å². The van der Waals surface area contributed by atoms with Crippen molar-refractivity contribution in [2.24, 2.45) is 0 Å². The maximum Gasteiger partial charge on any atom is 0.413 e. The lowest BCUT2D eigenvalue weighted by molar-refractivity contribution is -0.134. The Morgan fingerprint density at radius 3 is 2.15 bits per heavy atom. The lowest BCUT2D eigenvalue weighted by atomic mass is 10.8. The molecule has 0 spiro atoms. The van der Waals surface area contributed by atoms with Crippen LogP contribution in [-0.2, 0) is 18.8 Å². The minimum absolute atomic E-state index is 0.353. The summed E-state index contributed by atoms with van der Waals surface area (Å²) in [6, 6.07) is -0.888. The molecule has 0 amide bonds. The largest absolute Gasteiger partial charge is 0.478 e. The van der Waals surface area contributed by atoms with Crippen LogP contribution in [0.4, 0.5) is 0 Å². The molecule has 5 nitrogen and oxygen atoms in total. The van der Waals surface area contributed by atoms with Crippen molar-refractivity contribution in [3.05, 3.63) is 0 Å². The van der Waals surface area contributed by atoms with E-state index in [9.17, 15) is 9.36 Å². The Morgan fingerprint density at radius 1 is 1.38 bits per heavy atom. The minimum Gasteiger partial charge on any atom is -0.478 e. The summed E-state index contributed by atoms with van der Waals surface area (Å²) in [5.74, 6) is -1.11. The van der Waals surface area contributed by atoms with Gasteiger partial charge >= 0.3 is 19.8 Å². The SMILES string of the molecule is CCOC(OCC)[P+](=O)CC(=O)O. The first-order valence-electron chi connectivity index (χ1n) is 4.00. The van der Waals surface area contributed by atoms with E-state index in [1.54, 1.807) is 13.8 Å². The first-order valence-corrected chi connectivity index (χ1v) is 5.52. The van der Waals surface area contributed by atoms with E-state index in [2.05, 4.69) is 0 Å². The predicted molar refractivity (Wildman–Crippen MR) is 47.1 cm³/mol. The van der Waals surface area contributed by atoms with Gasteiger partial charge in [0.15, 0.2) is 0 Å². The zero-order valence-electron chi connectivity index (χ0n) is 7.73. The first-order chi connectivity index (χ1) is 6.11. The van der Waals surface area contributed by atoms with Crippen LogP contribution in [0.2, 0.25) is 0 Å². The molecular weight excluding hydrogens is 195 g/mol. The number of carboxylic acids is 1. The van der Waals surface area contributed by atoms with Crippen LogP contribution in [0.3, 0.4) is 0 Å². The maximum absolute atomic E-state index is 11.3. The molecule has 0 aromatic carbocycles. The summed E-state index contributed by atoms with van der Waals surface area (Å²) in [5.41, 5.74) is 0. The fourth-order valence-electron chi connectivity index (χ4n) is 0.707. The maximum atomic E-state index is 11.3. The van der Waals surface area contributed by atoms with E-state index in [1.807, 2.05) is 0 Å². The second kappa shape index (κ2) is 6.95. The highest BCUT2D eigenvalue weighted by Gasteiger charge is 2.34. The van der Waals surface area contributed by atoms with Crippen LogP contribution in [0.1, 0.15) is 13.8 Å². The second-order valence-electron chi connectivity index (χ2n) is 2.19. The molecule has 0 rings (SSSR count). The van der Waals surface area contributed by atoms with Gasteiger partial charge in [-0.15, -0.1) is 0 Å². The molecule has 0 aliphatic rings. The molecule has 6 heteroatoms. The van der Waals surface area contributed by atoms with Gasteiger partial charge in [0.05, 0.1) is 13.2 Å². The monoisotopic (exact) mass is 209 g/mol. The molecule has 76 valence electrons. The lowest BCUT2D eigenvalue weighted by Gasteiger charge is -2.05. The van der Waals surface area contributed by atoms with Crippen LogP contribution >= 0.6 is 7.80 Å². The third kappa shape index (κ3) is 5.69. The van der Waals surface area contributed by atoms with E-state index in [-0.39, 0.29) is 0 Å². The van der Waals surface area contributed by atoms with Crippen LogP contribution in [0.25, 0.3) is 0 Å². The number of rotatable bonds is 7. The van der Waals surface area contributed by atoms with E-state index in [1.165, 1.54) is 0 Å². The van der Waals surface area contributed by atoms with Crippen LogP contribution in [-0.4, -0.2) is 36.5 Å². The normalized spacial score (nSPS) is 11.8. The summed E-state index contributed by atoms with van der Waals surface area (Å²) in [5, 5.41) is 8.37. The van der Waals surface area contributed by atoms with Gasteiger partial charge in [0.1, 0.15) is 0 Å². The first kappa shape index (κ1) is 12.5. The topological polar surface area (TPSA) is 72.8 Å². The fraction of sp³-hybridized carbons (Fsp3) is 0.857. The Morgan fingerprint density at radius 2 is 1.85 bits per heavy atom. The summed E-state index contributed by atoms with van der Waals surface area (Å²) in [6.45, 7) is 4.17. The van der Waals surface area contributed by atoms with E-state index in [0.29, 0.717) is 13.2 Å². The molecule has 0 bridgehead atoms. The van der Waals surface area contributed by atoms with Gasteiger partial charge in [-0.3, -0.25) is 0 Å². The van der Waals surface area contributed by atoms with Crippen molar-refractivity contribution in [3.8, 4) is 0 Å². The quantitative estimate of drug-likeness (QED) is 0.504. The molecule has 0 fully saturated rings. The number of carboxylic acid groups (broad SMARTS) is 1. The second-order valence-corrected chi connectivity index (χ2v) is 3.76. The molecular formula is C7H14O5P+. The van der Waals surface area contributed by atoms with Crippen LogP contribution in [0.15, 0.2) is 0 Å². The van der Waals surface area contributed by atoms with Gasteiger partial charge in [0, 0.05) is 0 Å². The molecule has 1 atom stereocenters. The van der Waals surface area contributed by atoms with Crippen molar-refractivity contribution in [3.63, 3.8) is 0 Å². The summed E-state index contributed by atoms with van der Waals surface area (Å²) in [6.07, 6.45) is -0.417. The highest BCUT2D eigenvalue weighted by molar-refractivity contribution is 7.46. The van der Waals surface area contributed by atoms with Gasteiger partial charge in [-0.1, -0.05) is 4.57 Å². The van der Waals surface area contributed by atoms with Crippen molar-refractivity contribution >= 4 is 13.8 Å². The van der Waals surface area contributed by atoms with Gasteiger partial charge < -0.3 is 14.6 Å². The van der Waals surface area contributed by atoms with Crippen molar-refractivity contribution in [1.29, 1.82) is 0 Å². The molecule has 0 saturated heterocycles. The number of ether oxygens (including phenoxy) is 2. The third-order valence-electron chi connectivity index (χ3n) is 1.14. The number of hydrogen-bond donors (Lipinski definition) is 1. The summed E-state index contributed by atoms with van der Waals surface area (Å²) < 4.78 is 21.2. The lowest BCUT2D eigenvalue weighted by Crippen LogP contribution is -2.16. The molecule has 0 aliphatic heterocycles. The molecule has 0 heterocycles. The van der Waals surface area contributed by atoms with E-state index in [4.69, 9.17) is 14.6 Å². The molecule has 1 unspecified atom stereocenters. The van der Waals surface area contributed by atoms with Gasteiger partial charge in [0.25, 0.3) is 0 Å². The Kier molecular flexibility index (Phi) is 6.68. The van der Waals surface area contributed by atoms with Crippen molar-refractivity contribution < 1.29 is 23.9 Å². The number of aliphatic carboxylic acids is 1. The standard InChI is InChI=1S/C7H13O5P/c1-3-11-7(12-4-2)13(10)5-6(8)9/h7H,3-5H2,1-2H3/p+1. The van der Waals surface area contributed by atoms with Crippen LogP contribution in [0, 0.1) is 0 Å². The van der Waals surface area contributed by atoms with Crippen LogP contribution in [0.5, 0.6) is 0 Å². The Balaban J connectivity index is 4.02. The van der Waals surface area contributed by atoms with Gasteiger partial charge in [-0.25, -0.2) is 4.79 Å². The van der Waals surface area contributed by atoms with E-state index in [0.717, 1.165) is 0 Å². The van der Waals surface area contributed by atoms with Gasteiger partial charge in [0.2, 0.25) is 6.16 Å². The zero-order chi connectivity index (χ0) is 10.3. The minimum atomic E-state index is -1.99. The predicted octanol–water partition coefficient (Wildman–Crippen LogP) is 1.25. The highest BCUT2D eigenvalue weighted by atomic mass is 31.1. The number of hydrogen-bond acceptors (Lipinski definition) is 4. The van der Waals surface area contributed by atoms with Crippen molar-refractivity contribution in [2.45, 2.75) is 19.9 Å². The van der Waals surface area contributed by atoms with E-state index >= 15 is 0 Å². The molecule has 0 saturated carbocycles. The van der Waals surface area contributed by atoms with Crippen LogP contribution < -0.4 is 0 Å². The average molecular weight is 209 g/mol. The zero-order valence-corrected chi connectivity index (χ0v) is 8.62. The molecule has 13 heavy (non-hydrogen) atoms. The number of carbonyl (C=O) groups is 1. The molecule has 0 aromatic rings. The Bertz CT molecular complexity index is 176. The third-order valence-corrected chi connectivity index (χ3v) is 2.50. The van der Waals surface area contributed by atoms with Crippen molar-refractivity contribution in [2.75, 3.05) is 19.4 Å². The van der Waals surface area contributed by atoms with Crippen molar-refractivity contribution in [1.82, 2.24) is 0 Å². The molecule has 0 aliphatic carbocycles. The van der Waals surface area contributed by atoms with Gasteiger partial charge in [-0.05, 0) is 13.8 Å². The fourth-order valence-corrected chi connectivity index (χ4v) is 1.75. The molecule has 1 N–H and O–H groups in total. The average Bonchev–Trinajstić information content (AvgIpc) is 2.02. The van der Waals surface area contributed by atoms with E-state index < -0.39 is 26.0 Å². The molecule has 0 aromatic heterocycles. The Hall–Kier alpha value is -0.510. The smallest absolute Gasteiger partial charge is 0.413 e. The summed E-state index contributed by atoms with van der Waals surface area (Å²) >= 11 is 0.